The van der Waals surface area contributed by atoms with Gasteiger partial charge in [-0.3, -0.25) is 9.00 Å². The first kappa shape index (κ1) is 18.2. The number of hydrogen-bond acceptors (Lipinski definition) is 6. The van der Waals surface area contributed by atoms with Crippen LogP contribution in [0.1, 0.15) is 18.9 Å². The lowest BCUT2D eigenvalue weighted by Crippen LogP contribution is -2.50. The number of rotatable bonds is 6. The first-order chi connectivity index (χ1) is 11.0. The van der Waals surface area contributed by atoms with Crippen molar-refractivity contribution in [2.75, 3.05) is 48.8 Å². The third-order valence-corrected chi connectivity index (χ3v) is 5.66. The summed E-state index contributed by atoms with van der Waals surface area (Å²) in [7, 11) is -1.08. The predicted octanol–water partition coefficient (Wildman–Crippen LogP) is 1.31. The minimum absolute atomic E-state index is 0.0240. The molecule has 2 rings (SSSR count). The molecule has 128 valence electrons. The van der Waals surface area contributed by atoms with E-state index in [2.05, 4.69) is 28.7 Å². The van der Waals surface area contributed by atoms with Gasteiger partial charge in [0.25, 0.3) is 0 Å². The fourth-order valence-electron chi connectivity index (χ4n) is 2.52. The van der Waals surface area contributed by atoms with Crippen LogP contribution < -0.4 is 4.90 Å². The summed E-state index contributed by atoms with van der Waals surface area (Å²) in [5.41, 5.74) is 1.11. The third kappa shape index (κ3) is 4.91. The predicted molar refractivity (Wildman–Crippen MR) is 95.5 cm³/mol. The zero-order valence-electron chi connectivity index (χ0n) is 13.9. The molecular weight excluding hydrogens is 332 g/mol. The molecule has 0 saturated carbocycles. The number of aromatic nitrogens is 2. The highest BCUT2D eigenvalue weighted by atomic mass is 32.2. The Morgan fingerprint density at radius 3 is 2.61 bits per heavy atom. The number of amides is 1. The molecule has 0 aliphatic carbocycles. The maximum Gasteiger partial charge on any atom is 0.235 e. The molecule has 0 radical (unpaired) electrons. The summed E-state index contributed by atoms with van der Waals surface area (Å²) in [6, 6.07) is 0. The standard InChI is InChI=1S/C15H24N4O2S2/c1-4-9-22-15-12(2)14(16-11-17-15)19-7-5-18(6-8-19)13(20)10-23(3)21/h11H,4-10H2,1-3H3. The lowest BCUT2D eigenvalue weighted by Gasteiger charge is -2.36. The smallest absolute Gasteiger partial charge is 0.235 e. The highest BCUT2D eigenvalue weighted by molar-refractivity contribution is 7.99. The lowest BCUT2D eigenvalue weighted by molar-refractivity contribution is -0.128. The Morgan fingerprint density at radius 1 is 1.30 bits per heavy atom. The van der Waals surface area contributed by atoms with Gasteiger partial charge in [0, 0.05) is 48.8 Å². The molecule has 1 aliphatic rings. The van der Waals surface area contributed by atoms with Gasteiger partial charge in [0.2, 0.25) is 5.91 Å². The van der Waals surface area contributed by atoms with Crippen LogP contribution in [0.25, 0.3) is 0 Å². The van der Waals surface area contributed by atoms with E-state index in [0.29, 0.717) is 13.1 Å². The van der Waals surface area contributed by atoms with Crippen LogP contribution >= 0.6 is 11.8 Å². The second-order valence-corrected chi connectivity index (χ2v) is 8.08. The first-order valence-corrected chi connectivity index (χ1v) is 10.5. The van der Waals surface area contributed by atoms with E-state index in [1.54, 1.807) is 29.2 Å². The summed E-state index contributed by atoms with van der Waals surface area (Å²) in [6.45, 7) is 7.01. The van der Waals surface area contributed by atoms with Gasteiger partial charge in [0.05, 0.1) is 0 Å². The number of nitrogens with zero attached hydrogens (tertiary/aromatic N) is 4. The summed E-state index contributed by atoms with van der Waals surface area (Å²) in [5.74, 6) is 2.10. The van der Waals surface area contributed by atoms with Crippen LogP contribution in [0.3, 0.4) is 0 Å². The van der Waals surface area contributed by atoms with Crippen LogP contribution in [-0.2, 0) is 15.6 Å². The van der Waals surface area contributed by atoms with E-state index in [9.17, 15) is 9.00 Å². The summed E-state index contributed by atoms with van der Waals surface area (Å²) in [6.07, 6.45) is 4.30. The summed E-state index contributed by atoms with van der Waals surface area (Å²) < 4.78 is 11.2. The Kier molecular flexibility index (Phi) is 6.83. The van der Waals surface area contributed by atoms with Crippen LogP contribution in [-0.4, -0.2) is 68.9 Å². The largest absolute Gasteiger partial charge is 0.353 e. The molecule has 0 N–H and O–H groups in total. The highest BCUT2D eigenvalue weighted by Crippen LogP contribution is 2.27. The average molecular weight is 357 g/mol. The van der Waals surface area contributed by atoms with Crippen LogP contribution in [0, 0.1) is 6.92 Å². The monoisotopic (exact) mass is 356 g/mol. The van der Waals surface area contributed by atoms with Gasteiger partial charge in [0.15, 0.2) is 0 Å². The zero-order chi connectivity index (χ0) is 16.8. The van der Waals surface area contributed by atoms with Crippen LogP contribution in [0.2, 0.25) is 0 Å². The highest BCUT2D eigenvalue weighted by Gasteiger charge is 2.24. The molecule has 6 nitrogen and oxygen atoms in total. The SMILES string of the molecule is CCCSc1ncnc(N2CCN(C(=O)CS(C)=O)CC2)c1C. The van der Waals surface area contributed by atoms with Crippen molar-refractivity contribution in [2.24, 2.45) is 0 Å². The fraction of sp³-hybridized carbons (Fsp3) is 0.667. The van der Waals surface area contributed by atoms with Crippen molar-refractivity contribution in [1.29, 1.82) is 0 Å². The molecule has 8 heteroatoms. The molecule has 1 atom stereocenters. The molecule has 23 heavy (non-hydrogen) atoms. The number of carbonyl (C=O) groups excluding carboxylic acids is 1. The number of piperazine rings is 1. The molecule has 1 aromatic heterocycles. The molecule has 1 fully saturated rings. The van der Waals surface area contributed by atoms with E-state index in [1.165, 1.54) is 0 Å². The van der Waals surface area contributed by atoms with Crippen molar-refractivity contribution in [3.63, 3.8) is 0 Å². The number of anilines is 1. The Labute approximate surface area is 144 Å². The van der Waals surface area contributed by atoms with Gasteiger partial charge >= 0.3 is 0 Å². The van der Waals surface area contributed by atoms with Gasteiger partial charge < -0.3 is 9.80 Å². The van der Waals surface area contributed by atoms with Gasteiger partial charge in [-0.1, -0.05) is 6.92 Å². The Hall–Kier alpha value is -1.15. The van der Waals surface area contributed by atoms with E-state index in [-0.39, 0.29) is 11.7 Å². The van der Waals surface area contributed by atoms with E-state index in [1.807, 2.05) is 0 Å². The van der Waals surface area contributed by atoms with Gasteiger partial charge in [-0.25, -0.2) is 9.97 Å². The Balaban J connectivity index is 2.00. The fourth-order valence-corrected chi connectivity index (χ4v) is 3.88. The summed E-state index contributed by atoms with van der Waals surface area (Å²) in [4.78, 5) is 24.8. The van der Waals surface area contributed by atoms with Gasteiger partial charge in [-0.05, 0) is 19.1 Å². The van der Waals surface area contributed by atoms with Crippen molar-refractivity contribution >= 4 is 34.3 Å². The molecule has 2 heterocycles. The Morgan fingerprint density at radius 2 is 2.00 bits per heavy atom. The van der Waals surface area contributed by atoms with Gasteiger partial charge in [-0.15, -0.1) is 11.8 Å². The zero-order valence-corrected chi connectivity index (χ0v) is 15.6. The molecular formula is C15H24N4O2S2. The quantitative estimate of drug-likeness (QED) is 0.566. The minimum Gasteiger partial charge on any atom is -0.353 e. The minimum atomic E-state index is -1.08. The lowest BCUT2D eigenvalue weighted by atomic mass is 10.2. The second kappa shape index (κ2) is 8.63. The second-order valence-electron chi connectivity index (χ2n) is 5.56. The normalized spacial score (nSPS) is 16.5. The molecule has 1 aromatic rings. The average Bonchev–Trinajstić information content (AvgIpc) is 2.53. The molecule has 0 bridgehead atoms. The van der Waals surface area contributed by atoms with Crippen LogP contribution in [0.5, 0.6) is 0 Å². The molecule has 0 spiro atoms. The number of carbonyl (C=O) groups is 1. The summed E-state index contributed by atoms with van der Waals surface area (Å²) >= 11 is 1.76. The van der Waals surface area contributed by atoms with Crippen LogP contribution in [0.15, 0.2) is 11.4 Å². The van der Waals surface area contributed by atoms with E-state index >= 15 is 0 Å². The van der Waals surface area contributed by atoms with Crippen molar-refractivity contribution < 1.29 is 9.00 Å². The maximum absolute atomic E-state index is 12.0. The van der Waals surface area contributed by atoms with Crippen molar-refractivity contribution in [2.45, 2.75) is 25.3 Å². The number of hydrogen-bond donors (Lipinski definition) is 0. The van der Waals surface area contributed by atoms with Crippen molar-refractivity contribution in [1.82, 2.24) is 14.9 Å². The van der Waals surface area contributed by atoms with E-state index in [0.717, 1.165) is 41.7 Å². The molecule has 1 saturated heterocycles. The summed E-state index contributed by atoms with van der Waals surface area (Å²) in [5, 5.41) is 1.04. The van der Waals surface area contributed by atoms with E-state index < -0.39 is 10.8 Å². The van der Waals surface area contributed by atoms with Crippen molar-refractivity contribution in [3.05, 3.63) is 11.9 Å². The maximum atomic E-state index is 12.0. The van der Waals surface area contributed by atoms with E-state index in [4.69, 9.17) is 0 Å². The topological polar surface area (TPSA) is 66.4 Å². The Bertz CT molecular complexity index is 575. The molecule has 1 unspecified atom stereocenters. The molecule has 1 amide bonds. The third-order valence-electron chi connectivity index (χ3n) is 3.71. The number of thioether (sulfide) groups is 1. The first-order valence-electron chi connectivity index (χ1n) is 7.80. The molecule has 0 aromatic carbocycles. The van der Waals surface area contributed by atoms with Crippen LogP contribution in [0.4, 0.5) is 5.82 Å². The van der Waals surface area contributed by atoms with Gasteiger partial charge in [-0.2, -0.15) is 0 Å². The molecule has 1 aliphatic heterocycles. The van der Waals surface area contributed by atoms with Gasteiger partial charge in [0.1, 0.15) is 22.9 Å². The van der Waals surface area contributed by atoms with Crippen molar-refractivity contribution in [3.8, 4) is 0 Å².